The molecular formula is C73H78BrCl4N13O12. The Kier molecular flexibility index (Phi) is 27.1. The molecule has 5 heterocycles. The summed E-state index contributed by atoms with van der Waals surface area (Å²) in [5.74, 6) is -1.51. The summed E-state index contributed by atoms with van der Waals surface area (Å²) in [4.78, 5) is 132. The zero-order valence-corrected chi connectivity index (χ0v) is 62.5. The van der Waals surface area contributed by atoms with E-state index in [9.17, 15) is 52.7 Å². The molecule has 30 heteroatoms. The smallest absolute Gasteiger partial charge is 0.408 e. The van der Waals surface area contributed by atoms with Crippen molar-refractivity contribution < 1.29 is 57.5 Å². The summed E-state index contributed by atoms with van der Waals surface area (Å²) in [6.07, 6.45) is 1.97. The molecule has 3 aromatic heterocycles. The number of amides is 5. The molecule has 1 unspecified atom stereocenters. The number of alkyl carbamates (subject to hydrolysis) is 1. The van der Waals surface area contributed by atoms with E-state index >= 15 is 0 Å². The molecule has 0 radical (unpaired) electrons. The number of fused-ring (bicyclic) bond motifs is 6. The highest BCUT2D eigenvalue weighted by molar-refractivity contribution is 8.93. The van der Waals surface area contributed by atoms with Crippen LogP contribution >= 0.6 is 64.2 Å². The maximum atomic E-state index is 12.5. The summed E-state index contributed by atoms with van der Waals surface area (Å²) in [5.41, 5.74) is 20.8. The van der Waals surface area contributed by atoms with Crippen molar-refractivity contribution in [2.24, 2.45) is 11.5 Å². The molecule has 2 saturated heterocycles. The van der Waals surface area contributed by atoms with Crippen molar-refractivity contribution in [3.8, 4) is 33.8 Å². The highest BCUT2D eigenvalue weighted by atomic mass is 79.9. The largest absolute Gasteiger partial charge is 0.444 e. The zero-order valence-electron chi connectivity index (χ0n) is 57.7. The van der Waals surface area contributed by atoms with Crippen molar-refractivity contribution in [3.05, 3.63) is 158 Å². The van der Waals surface area contributed by atoms with Gasteiger partial charge in [-0.2, -0.15) is 15.3 Å². The molecule has 0 spiro atoms. The Bertz CT molecular complexity index is 4460. The molecule has 5 aliphatic rings. The first-order valence-corrected chi connectivity index (χ1v) is 33.6. The van der Waals surface area contributed by atoms with Crippen LogP contribution in [-0.4, -0.2) is 167 Å². The summed E-state index contributed by atoms with van der Waals surface area (Å²) < 4.78 is 5.07. The molecule has 0 saturated carbocycles. The fourth-order valence-corrected chi connectivity index (χ4v) is 12.6. The Hall–Kier alpha value is -9.54. The number of rotatable bonds is 10. The van der Waals surface area contributed by atoms with Gasteiger partial charge in [-0.3, -0.25) is 63.2 Å². The number of halogens is 5. The van der Waals surface area contributed by atoms with Gasteiger partial charge in [-0.15, -0.1) is 29.4 Å². The van der Waals surface area contributed by atoms with Crippen LogP contribution in [0, 0.1) is 0 Å². The van der Waals surface area contributed by atoms with Gasteiger partial charge in [0.2, 0.25) is 23.6 Å². The second-order valence-electron chi connectivity index (χ2n) is 25.5. The third kappa shape index (κ3) is 17.9. The molecular weight excluding hydrogens is 1470 g/mol. The number of carbonyl (C=O) groups excluding carboxylic acids is 11. The normalized spacial score (nSPS) is 15.4. The minimum atomic E-state index is -0.679. The van der Waals surface area contributed by atoms with Crippen molar-refractivity contribution >= 4 is 161 Å². The van der Waals surface area contributed by atoms with E-state index < -0.39 is 35.9 Å². The Labute approximate surface area is 624 Å². The number of Topliss-reactive ketones (excluding diaryl/α,β-unsaturated/α-hetero) is 3. The minimum absolute atomic E-state index is 0. The first-order valence-electron chi connectivity index (χ1n) is 32.5. The van der Waals surface area contributed by atoms with E-state index in [1.807, 2.05) is 91.0 Å². The minimum Gasteiger partial charge on any atom is -0.444 e. The molecule has 3 aliphatic carbocycles. The first-order chi connectivity index (χ1) is 47.9. The molecule has 2 fully saturated rings. The number of likely N-dealkylation sites (tertiary alicyclic amines) is 2. The number of nitrogens with one attached hydrogen (secondary N) is 6. The second kappa shape index (κ2) is 34.6. The molecule has 9 aromatic rings. The number of H-pyrrole nitrogens is 3. The fraction of sp³-hybridized carbons (Fsp3) is 0.315. The molecule has 10 N–H and O–H groups in total. The summed E-state index contributed by atoms with van der Waals surface area (Å²) >= 11 is 18.4. The average molecular weight is 1550 g/mol. The van der Waals surface area contributed by atoms with E-state index in [0.29, 0.717) is 80.8 Å². The first kappa shape index (κ1) is 80.8. The Morgan fingerprint density at radius 2 is 0.845 bits per heavy atom. The molecule has 5 amide bonds. The van der Waals surface area contributed by atoms with Gasteiger partial charge in [0.1, 0.15) is 47.1 Å². The van der Waals surface area contributed by atoms with E-state index in [4.69, 9.17) is 51.0 Å². The third-order valence-corrected chi connectivity index (χ3v) is 18.2. The van der Waals surface area contributed by atoms with Gasteiger partial charge in [0.25, 0.3) is 0 Å². The van der Waals surface area contributed by atoms with Crippen LogP contribution in [-0.2, 0) is 38.3 Å². The number of ketones is 6. The van der Waals surface area contributed by atoms with Gasteiger partial charge in [-0.25, -0.2) is 4.79 Å². The van der Waals surface area contributed by atoms with Crippen LogP contribution < -0.4 is 27.4 Å². The molecule has 542 valence electrons. The summed E-state index contributed by atoms with van der Waals surface area (Å²) in [5, 5.41) is 33.5. The van der Waals surface area contributed by atoms with Gasteiger partial charge >= 0.3 is 6.09 Å². The summed E-state index contributed by atoms with van der Waals surface area (Å²) in [7, 11) is 0. The van der Waals surface area contributed by atoms with Crippen molar-refractivity contribution in [2.75, 3.05) is 26.2 Å². The lowest BCUT2D eigenvalue weighted by molar-refractivity contribution is -0.138. The van der Waals surface area contributed by atoms with Gasteiger partial charge in [-0.05, 0) is 124 Å². The quantitative estimate of drug-likeness (QED) is 0.0630. The lowest BCUT2D eigenvalue weighted by atomic mass is 9.87. The monoisotopic (exact) mass is 1550 g/mol. The Morgan fingerprint density at radius 3 is 1.15 bits per heavy atom. The van der Waals surface area contributed by atoms with Crippen LogP contribution in [0.5, 0.6) is 0 Å². The number of nitrogens with zero attached hydrogens (tertiary/aromatic N) is 5. The van der Waals surface area contributed by atoms with Gasteiger partial charge in [0.15, 0.2) is 28.9 Å². The second-order valence-corrected chi connectivity index (χ2v) is 26.7. The van der Waals surface area contributed by atoms with Crippen molar-refractivity contribution in [2.45, 2.75) is 124 Å². The molecule has 0 bridgehead atoms. The number of hydrogen-bond donors (Lipinski definition) is 8. The molecule has 6 aromatic carbocycles. The lowest BCUT2D eigenvalue weighted by Crippen LogP contribution is -2.51. The van der Waals surface area contributed by atoms with Crippen LogP contribution in [0.2, 0.25) is 15.1 Å². The van der Waals surface area contributed by atoms with Gasteiger partial charge in [0.05, 0.1) is 73.0 Å². The number of hydrogen-bond acceptors (Lipinski definition) is 17. The highest BCUT2D eigenvalue weighted by Gasteiger charge is 2.37. The van der Waals surface area contributed by atoms with Crippen molar-refractivity contribution in [3.63, 3.8) is 0 Å². The number of benzene rings is 6. The zero-order chi connectivity index (χ0) is 73.5. The van der Waals surface area contributed by atoms with Crippen molar-refractivity contribution in [1.29, 1.82) is 0 Å². The number of aromatic nitrogens is 6. The van der Waals surface area contributed by atoms with Crippen LogP contribution in [0.4, 0.5) is 4.79 Å². The predicted molar refractivity (Wildman–Crippen MR) is 401 cm³/mol. The fourth-order valence-electron chi connectivity index (χ4n) is 11.8. The maximum absolute atomic E-state index is 12.5. The number of nitrogens with two attached hydrogens (primary N) is 2. The van der Waals surface area contributed by atoms with Crippen LogP contribution in [0.15, 0.2) is 109 Å². The molecule has 25 nitrogen and oxygen atoms in total. The van der Waals surface area contributed by atoms with Gasteiger partial charge in [0, 0.05) is 62.6 Å². The number of carbonyl (C=O) groups is 11. The number of aromatic amines is 3. The van der Waals surface area contributed by atoms with E-state index in [0.717, 1.165) is 72.9 Å². The van der Waals surface area contributed by atoms with E-state index in [1.165, 1.54) is 30.6 Å². The number of ether oxygens (including phenoxy) is 1. The standard InChI is InChI=1S/C16H27N3O5.3C14H7ClN2O.C11H19N3O3.C4H9NO.BrH.ClH/c1-10(11(2)20)18-14(22)12-7-6-8-19(12)13(21)9-17-15(23)24-16(3,4)5;3*15-9-5-1-3-7-11(9)14(18)8-4-2-6-10-12(8)13(7)17-16-10;1-7(8(2)15)13-11(17)9-4-3-5-14(9)10(16)6-12;1-3(5)4(2)6;;/h10,12H,6-9H2,1-5H3,(H,17,23)(H,18,22);3*1-6H,(H,16,17);7,9H,3-6,12H2,1-2H3,(H,13,17);3H,5H2,1-2H3;2*1H/t10-,12?;;;;7-,9-;3-;;/m0...00../s1. The lowest BCUT2D eigenvalue weighted by Gasteiger charge is -2.25. The predicted octanol–water partition coefficient (Wildman–Crippen LogP) is 10.8. The molecule has 103 heavy (non-hydrogen) atoms. The van der Waals surface area contributed by atoms with E-state index in [-0.39, 0.29) is 107 Å². The van der Waals surface area contributed by atoms with E-state index in [1.54, 1.807) is 59.7 Å². The topological polar surface area (TPSA) is 378 Å². The average Bonchev–Trinajstić information content (AvgIpc) is 1.70. The summed E-state index contributed by atoms with van der Waals surface area (Å²) in [6.45, 7) is 15.1. The van der Waals surface area contributed by atoms with Crippen LogP contribution in [0.25, 0.3) is 66.5 Å². The highest BCUT2D eigenvalue weighted by Crippen LogP contribution is 2.43. The van der Waals surface area contributed by atoms with Crippen molar-refractivity contribution in [1.82, 2.24) is 56.3 Å². The van der Waals surface area contributed by atoms with Gasteiger partial charge < -0.3 is 42.0 Å². The summed E-state index contributed by atoms with van der Waals surface area (Å²) in [6, 6.07) is 30.6. The molecule has 14 rings (SSSR count). The molecule has 2 aliphatic heterocycles. The molecule has 5 atom stereocenters. The Morgan fingerprint density at radius 1 is 0.534 bits per heavy atom. The van der Waals surface area contributed by atoms with Gasteiger partial charge in [-0.1, -0.05) is 108 Å². The SMILES string of the molecule is Br.CC(=O)[C@H](C)N.CC(=O)[C@H](C)NC(=O)C1CCCN1C(=O)CNC(=O)OC(C)(C)C.CC(=O)[C@H](C)NC(=O)[C@@H]1CCCN1C(=O)CN.Cl.O=C1c2c(Cl)cccc2-c2n[nH]c3cccc1c23.O=C1c2c(Cl)cccc2-c2n[nH]c3cccc1c23.O=C1c2c(Cl)cccc2-c2n[nH]c3cccc1c23. The Balaban J connectivity index is 0.000000176. The van der Waals surface area contributed by atoms with E-state index in [2.05, 4.69) is 46.5 Å². The third-order valence-electron chi connectivity index (χ3n) is 17.3. The maximum Gasteiger partial charge on any atom is 0.408 e. The van der Waals surface area contributed by atoms with Crippen LogP contribution in [0.1, 0.15) is 136 Å². The van der Waals surface area contributed by atoms with Crippen LogP contribution in [0.3, 0.4) is 0 Å².